The molecular weight excluding hydrogens is 270 g/mol. The molecule has 0 saturated heterocycles. The second-order valence-corrected chi connectivity index (χ2v) is 5.43. The lowest BCUT2D eigenvalue weighted by Crippen LogP contribution is -2.22. The van der Waals surface area contributed by atoms with Gasteiger partial charge in [-0.2, -0.15) is 0 Å². The molecule has 2 aromatic rings. The number of hydrogen-bond donors (Lipinski definition) is 1. The highest BCUT2D eigenvalue weighted by atomic mass is 35.5. The third-order valence-electron chi connectivity index (χ3n) is 3.04. The van der Waals surface area contributed by atoms with Crippen LogP contribution in [-0.4, -0.2) is 6.04 Å². The van der Waals surface area contributed by atoms with Crippen molar-refractivity contribution in [2.45, 2.75) is 33.0 Å². The summed E-state index contributed by atoms with van der Waals surface area (Å²) in [5.41, 5.74) is 2.44. The van der Waals surface area contributed by atoms with Gasteiger partial charge in [-0.05, 0) is 23.3 Å². The monoisotopic (exact) mass is 289 g/mol. The van der Waals surface area contributed by atoms with Crippen LogP contribution in [0.25, 0.3) is 0 Å². The normalized spacial score (nSPS) is 10.8. The van der Waals surface area contributed by atoms with Gasteiger partial charge in [-0.25, -0.2) is 0 Å². The molecular formula is C17H20ClNO. The quantitative estimate of drug-likeness (QED) is 0.850. The molecule has 0 heterocycles. The molecule has 0 aliphatic heterocycles. The van der Waals surface area contributed by atoms with E-state index in [9.17, 15) is 0 Å². The minimum Gasteiger partial charge on any atom is -0.487 e. The highest BCUT2D eigenvalue weighted by molar-refractivity contribution is 6.32. The molecule has 20 heavy (non-hydrogen) atoms. The molecule has 0 spiro atoms. The van der Waals surface area contributed by atoms with Crippen molar-refractivity contribution in [2.75, 3.05) is 0 Å². The van der Waals surface area contributed by atoms with Gasteiger partial charge < -0.3 is 10.1 Å². The van der Waals surface area contributed by atoms with E-state index in [0.717, 1.165) is 12.3 Å². The second kappa shape index (κ2) is 7.32. The maximum absolute atomic E-state index is 6.10. The largest absolute Gasteiger partial charge is 0.487 e. The number of nitrogens with one attached hydrogen (secondary N) is 1. The van der Waals surface area contributed by atoms with E-state index >= 15 is 0 Å². The van der Waals surface area contributed by atoms with Gasteiger partial charge in [-0.1, -0.05) is 61.8 Å². The van der Waals surface area contributed by atoms with Crippen molar-refractivity contribution in [2.24, 2.45) is 0 Å². The Kier molecular flexibility index (Phi) is 5.45. The predicted molar refractivity (Wildman–Crippen MR) is 84.2 cm³/mol. The van der Waals surface area contributed by atoms with Crippen molar-refractivity contribution in [3.05, 3.63) is 64.7 Å². The third kappa shape index (κ3) is 4.26. The zero-order chi connectivity index (χ0) is 14.4. The lowest BCUT2D eigenvalue weighted by molar-refractivity contribution is 0.304. The molecule has 2 aromatic carbocycles. The molecule has 0 saturated carbocycles. The first-order valence-corrected chi connectivity index (χ1v) is 7.22. The fourth-order valence-electron chi connectivity index (χ4n) is 1.90. The number of para-hydroxylation sites is 1. The van der Waals surface area contributed by atoms with Crippen LogP contribution in [0, 0.1) is 0 Å². The van der Waals surface area contributed by atoms with Crippen LogP contribution in [0.5, 0.6) is 5.75 Å². The zero-order valence-corrected chi connectivity index (χ0v) is 12.7. The predicted octanol–water partition coefficient (Wildman–Crippen LogP) is 4.42. The maximum Gasteiger partial charge on any atom is 0.138 e. The van der Waals surface area contributed by atoms with Crippen LogP contribution >= 0.6 is 11.6 Å². The molecule has 0 unspecified atom stereocenters. The molecule has 0 amide bonds. The Morgan fingerprint density at radius 3 is 2.35 bits per heavy atom. The fourth-order valence-corrected chi connectivity index (χ4v) is 2.09. The summed E-state index contributed by atoms with van der Waals surface area (Å²) in [7, 11) is 0. The first kappa shape index (κ1) is 14.9. The van der Waals surface area contributed by atoms with Crippen molar-refractivity contribution in [1.82, 2.24) is 5.32 Å². The lowest BCUT2D eigenvalue weighted by Gasteiger charge is -2.14. The molecule has 0 aromatic heterocycles. The van der Waals surface area contributed by atoms with Gasteiger partial charge in [-0.15, -0.1) is 0 Å². The summed E-state index contributed by atoms with van der Waals surface area (Å²) < 4.78 is 5.81. The molecule has 2 rings (SSSR count). The first-order valence-electron chi connectivity index (χ1n) is 6.84. The minimum absolute atomic E-state index is 0.465. The highest BCUT2D eigenvalue weighted by Gasteiger charge is 2.05. The Morgan fingerprint density at radius 1 is 1.00 bits per heavy atom. The average Bonchev–Trinajstić information content (AvgIpc) is 2.45. The van der Waals surface area contributed by atoms with Gasteiger partial charge in [0.25, 0.3) is 0 Å². The van der Waals surface area contributed by atoms with Crippen LogP contribution in [0.15, 0.2) is 48.5 Å². The van der Waals surface area contributed by atoms with E-state index in [-0.39, 0.29) is 0 Å². The Balaban J connectivity index is 2.04. The molecule has 0 radical (unpaired) electrons. The Labute approximate surface area is 125 Å². The van der Waals surface area contributed by atoms with Crippen molar-refractivity contribution < 1.29 is 4.74 Å². The SMILES string of the molecule is CC(C)NCc1ccccc1COc1ccccc1Cl. The molecule has 0 aliphatic carbocycles. The van der Waals surface area contributed by atoms with Crippen molar-refractivity contribution in [1.29, 1.82) is 0 Å². The van der Waals surface area contributed by atoms with E-state index in [2.05, 4.69) is 37.4 Å². The van der Waals surface area contributed by atoms with Crippen LogP contribution in [0.2, 0.25) is 5.02 Å². The number of ether oxygens (including phenoxy) is 1. The average molecular weight is 290 g/mol. The topological polar surface area (TPSA) is 21.3 Å². The Morgan fingerprint density at radius 2 is 1.65 bits per heavy atom. The van der Waals surface area contributed by atoms with E-state index in [4.69, 9.17) is 16.3 Å². The van der Waals surface area contributed by atoms with Gasteiger partial charge in [-0.3, -0.25) is 0 Å². The number of benzene rings is 2. The smallest absolute Gasteiger partial charge is 0.138 e. The molecule has 2 nitrogen and oxygen atoms in total. The van der Waals surface area contributed by atoms with Gasteiger partial charge in [0.1, 0.15) is 12.4 Å². The Hall–Kier alpha value is -1.51. The van der Waals surface area contributed by atoms with E-state index in [1.54, 1.807) is 0 Å². The van der Waals surface area contributed by atoms with E-state index in [1.165, 1.54) is 11.1 Å². The molecule has 0 fully saturated rings. The summed E-state index contributed by atoms with van der Waals surface area (Å²) in [5, 5.41) is 4.07. The summed E-state index contributed by atoms with van der Waals surface area (Å²) in [6, 6.07) is 16.3. The summed E-state index contributed by atoms with van der Waals surface area (Å²) >= 11 is 6.10. The molecule has 0 atom stereocenters. The van der Waals surface area contributed by atoms with Crippen molar-refractivity contribution in [3.8, 4) is 5.75 Å². The second-order valence-electron chi connectivity index (χ2n) is 5.02. The summed E-state index contributed by atoms with van der Waals surface area (Å²) in [6.45, 7) is 5.66. The molecule has 0 bridgehead atoms. The number of halogens is 1. The van der Waals surface area contributed by atoms with Gasteiger partial charge in [0, 0.05) is 12.6 Å². The molecule has 106 valence electrons. The standard InChI is InChI=1S/C17H20ClNO/c1-13(2)19-11-14-7-3-4-8-15(14)12-20-17-10-6-5-9-16(17)18/h3-10,13,19H,11-12H2,1-2H3. The highest BCUT2D eigenvalue weighted by Crippen LogP contribution is 2.24. The number of hydrogen-bond acceptors (Lipinski definition) is 2. The first-order chi connectivity index (χ1) is 9.66. The maximum atomic E-state index is 6.10. The Bertz CT molecular complexity index is 554. The van der Waals surface area contributed by atoms with Crippen LogP contribution in [0.4, 0.5) is 0 Å². The molecule has 0 aliphatic rings. The van der Waals surface area contributed by atoms with Crippen molar-refractivity contribution in [3.63, 3.8) is 0 Å². The van der Waals surface area contributed by atoms with Gasteiger partial charge in [0.2, 0.25) is 0 Å². The molecule has 1 N–H and O–H groups in total. The van der Waals surface area contributed by atoms with Crippen LogP contribution < -0.4 is 10.1 Å². The molecule has 3 heteroatoms. The van der Waals surface area contributed by atoms with E-state index in [0.29, 0.717) is 17.7 Å². The van der Waals surface area contributed by atoms with Crippen LogP contribution in [0.3, 0.4) is 0 Å². The summed E-state index contributed by atoms with van der Waals surface area (Å²) in [6.07, 6.45) is 0. The van der Waals surface area contributed by atoms with Crippen LogP contribution in [-0.2, 0) is 13.2 Å². The lowest BCUT2D eigenvalue weighted by atomic mass is 10.1. The van der Waals surface area contributed by atoms with E-state index < -0.39 is 0 Å². The fraction of sp³-hybridized carbons (Fsp3) is 0.294. The van der Waals surface area contributed by atoms with E-state index in [1.807, 2.05) is 30.3 Å². The van der Waals surface area contributed by atoms with Crippen LogP contribution in [0.1, 0.15) is 25.0 Å². The minimum atomic E-state index is 0.465. The summed E-state index contributed by atoms with van der Waals surface area (Å²) in [5.74, 6) is 0.723. The zero-order valence-electron chi connectivity index (χ0n) is 11.9. The van der Waals surface area contributed by atoms with Gasteiger partial charge in [0.15, 0.2) is 0 Å². The summed E-state index contributed by atoms with van der Waals surface area (Å²) in [4.78, 5) is 0. The van der Waals surface area contributed by atoms with Gasteiger partial charge in [0.05, 0.1) is 5.02 Å². The van der Waals surface area contributed by atoms with Crippen molar-refractivity contribution >= 4 is 11.6 Å². The number of rotatable bonds is 6. The van der Waals surface area contributed by atoms with Gasteiger partial charge >= 0.3 is 0 Å². The third-order valence-corrected chi connectivity index (χ3v) is 3.35.